The molecule has 2 unspecified atom stereocenters. The lowest BCUT2D eigenvalue weighted by Gasteiger charge is -2.30. The average molecular weight is 248 g/mol. The van der Waals surface area contributed by atoms with Crippen molar-refractivity contribution in [2.75, 3.05) is 6.54 Å². The molecule has 2 heterocycles. The molecule has 0 radical (unpaired) electrons. The van der Waals surface area contributed by atoms with Gasteiger partial charge in [0, 0.05) is 25.0 Å². The first-order chi connectivity index (χ1) is 8.75. The monoisotopic (exact) mass is 248 g/mol. The highest BCUT2D eigenvalue weighted by atomic mass is 16.3. The lowest BCUT2D eigenvalue weighted by molar-refractivity contribution is 0.108. The molecule has 1 aliphatic heterocycles. The molecule has 3 nitrogen and oxygen atoms in total. The topological polar surface area (TPSA) is 36.4 Å². The van der Waals surface area contributed by atoms with E-state index >= 15 is 0 Å². The predicted molar refractivity (Wildman–Crippen MR) is 73.2 cm³/mol. The predicted octanol–water partition coefficient (Wildman–Crippen LogP) is 2.60. The first kappa shape index (κ1) is 13.5. The Hall–Kier alpha value is -0.930. The van der Waals surface area contributed by atoms with Crippen LogP contribution in [0.15, 0.2) is 24.5 Å². The van der Waals surface area contributed by atoms with Gasteiger partial charge < -0.3 is 5.11 Å². The zero-order valence-electron chi connectivity index (χ0n) is 11.3. The van der Waals surface area contributed by atoms with Crippen molar-refractivity contribution in [2.24, 2.45) is 0 Å². The van der Waals surface area contributed by atoms with E-state index in [1.165, 1.54) is 31.2 Å². The molecule has 0 bridgehead atoms. The van der Waals surface area contributed by atoms with Crippen LogP contribution in [0.3, 0.4) is 0 Å². The van der Waals surface area contributed by atoms with Gasteiger partial charge in [-0.1, -0.05) is 12.8 Å². The van der Waals surface area contributed by atoms with Crippen LogP contribution >= 0.6 is 0 Å². The lowest BCUT2D eigenvalue weighted by atomic mass is 10.0. The maximum atomic E-state index is 9.64. The van der Waals surface area contributed by atoms with E-state index in [-0.39, 0.29) is 6.10 Å². The van der Waals surface area contributed by atoms with Gasteiger partial charge in [0.05, 0.1) is 6.10 Å². The van der Waals surface area contributed by atoms with Crippen LogP contribution in [0.1, 0.15) is 44.6 Å². The van der Waals surface area contributed by atoms with E-state index in [4.69, 9.17) is 0 Å². The molecule has 0 aliphatic carbocycles. The zero-order chi connectivity index (χ0) is 12.8. The van der Waals surface area contributed by atoms with Crippen molar-refractivity contribution in [2.45, 2.75) is 57.7 Å². The SMILES string of the molecule is CC(O)CC1CCCCCN1Cc1ccncc1. The highest BCUT2D eigenvalue weighted by molar-refractivity contribution is 5.09. The van der Waals surface area contributed by atoms with Crippen molar-refractivity contribution in [3.63, 3.8) is 0 Å². The van der Waals surface area contributed by atoms with Crippen molar-refractivity contribution >= 4 is 0 Å². The fraction of sp³-hybridized carbons (Fsp3) is 0.667. The largest absolute Gasteiger partial charge is 0.393 e. The second-order valence-corrected chi connectivity index (χ2v) is 5.41. The molecule has 1 aliphatic rings. The van der Waals surface area contributed by atoms with Crippen LogP contribution in [-0.4, -0.2) is 33.7 Å². The van der Waals surface area contributed by atoms with E-state index < -0.39 is 0 Å². The van der Waals surface area contributed by atoms with Gasteiger partial charge >= 0.3 is 0 Å². The molecule has 1 aromatic heterocycles. The van der Waals surface area contributed by atoms with Gasteiger partial charge in [0.25, 0.3) is 0 Å². The quantitative estimate of drug-likeness (QED) is 0.889. The van der Waals surface area contributed by atoms with Gasteiger partial charge in [-0.05, 0) is 50.4 Å². The summed E-state index contributed by atoms with van der Waals surface area (Å²) in [6.07, 6.45) is 9.52. The van der Waals surface area contributed by atoms with Crippen molar-refractivity contribution in [3.8, 4) is 0 Å². The Balaban J connectivity index is 2.01. The summed E-state index contributed by atoms with van der Waals surface area (Å²) in [5.41, 5.74) is 1.32. The smallest absolute Gasteiger partial charge is 0.0527 e. The summed E-state index contributed by atoms with van der Waals surface area (Å²) in [5.74, 6) is 0. The fourth-order valence-corrected chi connectivity index (χ4v) is 2.83. The van der Waals surface area contributed by atoms with Gasteiger partial charge in [0.1, 0.15) is 0 Å². The maximum absolute atomic E-state index is 9.64. The van der Waals surface area contributed by atoms with Crippen LogP contribution in [-0.2, 0) is 6.54 Å². The molecule has 1 aromatic rings. The van der Waals surface area contributed by atoms with Crippen LogP contribution in [0.5, 0.6) is 0 Å². The number of hydrogen-bond donors (Lipinski definition) is 1. The number of aliphatic hydroxyl groups excluding tert-OH is 1. The van der Waals surface area contributed by atoms with E-state index in [9.17, 15) is 5.11 Å². The van der Waals surface area contributed by atoms with E-state index in [1.807, 2.05) is 19.3 Å². The van der Waals surface area contributed by atoms with E-state index in [0.717, 1.165) is 19.5 Å². The second-order valence-electron chi connectivity index (χ2n) is 5.41. The van der Waals surface area contributed by atoms with Crippen LogP contribution in [0.25, 0.3) is 0 Å². The Morgan fingerprint density at radius 1 is 1.33 bits per heavy atom. The highest BCUT2D eigenvalue weighted by Gasteiger charge is 2.22. The Kier molecular flexibility index (Phi) is 5.14. The Labute approximate surface area is 110 Å². The van der Waals surface area contributed by atoms with Crippen LogP contribution in [0.4, 0.5) is 0 Å². The number of nitrogens with zero attached hydrogens (tertiary/aromatic N) is 2. The number of aliphatic hydroxyl groups is 1. The first-order valence-electron chi connectivity index (χ1n) is 7.06. The standard InChI is InChI=1S/C15H24N2O/c1-13(18)11-15-5-3-2-4-10-17(15)12-14-6-8-16-9-7-14/h6-9,13,15,18H,2-5,10-12H2,1H3. The van der Waals surface area contributed by atoms with Crippen LogP contribution in [0.2, 0.25) is 0 Å². The maximum Gasteiger partial charge on any atom is 0.0527 e. The summed E-state index contributed by atoms with van der Waals surface area (Å²) in [5, 5.41) is 9.64. The number of pyridine rings is 1. The molecule has 2 atom stereocenters. The molecule has 3 heteroatoms. The minimum atomic E-state index is -0.201. The number of rotatable bonds is 4. The summed E-state index contributed by atoms with van der Waals surface area (Å²) in [7, 11) is 0. The minimum Gasteiger partial charge on any atom is -0.393 e. The van der Waals surface area contributed by atoms with Crippen molar-refractivity contribution in [3.05, 3.63) is 30.1 Å². The minimum absolute atomic E-state index is 0.201. The normalized spacial score (nSPS) is 23.6. The average Bonchev–Trinajstić information content (AvgIpc) is 2.56. The van der Waals surface area contributed by atoms with Gasteiger partial charge in [0.15, 0.2) is 0 Å². The molecule has 0 saturated carbocycles. The number of likely N-dealkylation sites (tertiary alicyclic amines) is 1. The molecular weight excluding hydrogens is 224 g/mol. The highest BCUT2D eigenvalue weighted by Crippen LogP contribution is 2.22. The molecule has 18 heavy (non-hydrogen) atoms. The molecule has 1 saturated heterocycles. The van der Waals surface area contributed by atoms with Gasteiger partial charge in [-0.2, -0.15) is 0 Å². The Bertz CT molecular complexity index is 340. The summed E-state index contributed by atoms with van der Waals surface area (Å²) < 4.78 is 0. The molecule has 0 spiro atoms. The third-order valence-corrected chi connectivity index (χ3v) is 3.75. The fourth-order valence-electron chi connectivity index (χ4n) is 2.83. The van der Waals surface area contributed by atoms with Gasteiger partial charge in [-0.25, -0.2) is 0 Å². The van der Waals surface area contributed by atoms with Crippen molar-refractivity contribution < 1.29 is 5.11 Å². The summed E-state index contributed by atoms with van der Waals surface area (Å²) in [6.45, 7) is 4.04. The summed E-state index contributed by atoms with van der Waals surface area (Å²) in [4.78, 5) is 6.60. The van der Waals surface area contributed by atoms with E-state index in [0.29, 0.717) is 6.04 Å². The molecule has 0 amide bonds. The molecule has 100 valence electrons. The van der Waals surface area contributed by atoms with Crippen LogP contribution < -0.4 is 0 Å². The van der Waals surface area contributed by atoms with Gasteiger partial charge in [-0.15, -0.1) is 0 Å². The van der Waals surface area contributed by atoms with E-state index in [1.54, 1.807) is 0 Å². The molecular formula is C15H24N2O. The third-order valence-electron chi connectivity index (χ3n) is 3.75. The summed E-state index contributed by atoms with van der Waals surface area (Å²) in [6, 6.07) is 4.70. The summed E-state index contributed by atoms with van der Waals surface area (Å²) >= 11 is 0. The van der Waals surface area contributed by atoms with Gasteiger partial charge in [-0.3, -0.25) is 9.88 Å². The molecule has 0 aromatic carbocycles. The zero-order valence-corrected chi connectivity index (χ0v) is 11.3. The Morgan fingerprint density at radius 3 is 2.83 bits per heavy atom. The molecule has 2 rings (SSSR count). The second kappa shape index (κ2) is 6.86. The number of aromatic nitrogens is 1. The van der Waals surface area contributed by atoms with Crippen molar-refractivity contribution in [1.82, 2.24) is 9.88 Å². The lowest BCUT2D eigenvalue weighted by Crippen LogP contribution is -2.36. The number of hydrogen-bond acceptors (Lipinski definition) is 3. The Morgan fingerprint density at radius 2 is 2.11 bits per heavy atom. The molecule has 1 fully saturated rings. The first-order valence-corrected chi connectivity index (χ1v) is 7.06. The van der Waals surface area contributed by atoms with Crippen molar-refractivity contribution in [1.29, 1.82) is 0 Å². The molecule has 1 N–H and O–H groups in total. The van der Waals surface area contributed by atoms with Crippen LogP contribution in [0, 0.1) is 0 Å². The third kappa shape index (κ3) is 4.07. The van der Waals surface area contributed by atoms with Gasteiger partial charge in [0.2, 0.25) is 0 Å². The van der Waals surface area contributed by atoms with E-state index in [2.05, 4.69) is 22.0 Å².